The molecular weight excluding hydrogens is 328 g/mol. The summed E-state index contributed by atoms with van der Waals surface area (Å²) in [7, 11) is 0. The number of hydrogen-bond acceptors (Lipinski definition) is 4. The highest BCUT2D eigenvalue weighted by molar-refractivity contribution is 6.04. The van der Waals surface area contributed by atoms with Crippen molar-refractivity contribution >= 4 is 28.9 Å². The van der Waals surface area contributed by atoms with Gasteiger partial charge in [0, 0.05) is 37.6 Å². The first kappa shape index (κ1) is 17.9. The number of anilines is 3. The van der Waals surface area contributed by atoms with Crippen LogP contribution in [0.2, 0.25) is 0 Å². The summed E-state index contributed by atoms with van der Waals surface area (Å²) in [4.78, 5) is 30.1. The molecule has 1 fully saturated rings. The molecule has 2 aromatic rings. The highest BCUT2D eigenvalue weighted by Gasteiger charge is 2.13. The summed E-state index contributed by atoms with van der Waals surface area (Å²) in [5, 5.41) is 5.57. The topological polar surface area (TPSA) is 74.3 Å². The van der Waals surface area contributed by atoms with Crippen LogP contribution in [0.1, 0.15) is 43.0 Å². The first-order chi connectivity index (χ1) is 12.6. The van der Waals surface area contributed by atoms with Crippen LogP contribution in [0.5, 0.6) is 0 Å². The van der Waals surface area contributed by atoms with Crippen LogP contribution in [0.25, 0.3) is 0 Å². The normalized spacial score (nSPS) is 14.4. The summed E-state index contributed by atoms with van der Waals surface area (Å²) in [5.41, 5.74) is 2.91. The summed E-state index contributed by atoms with van der Waals surface area (Å²) in [5.74, 6) is -0.320. The fourth-order valence-electron chi connectivity index (χ4n) is 3.10. The lowest BCUT2D eigenvalue weighted by Gasteiger charge is -2.22. The summed E-state index contributed by atoms with van der Waals surface area (Å²) in [6.45, 7) is 3.48. The van der Waals surface area contributed by atoms with Crippen LogP contribution in [0, 0.1) is 0 Å². The van der Waals surface area contributed by atoms with Gasteiger partial charge in [-0.2, -0.15) is 0 Å². The predicted molar refractivity (Wildman–Crippen MR) is 104 cm³/mol. The van der Waals surface area contributed by atoms with Crippen molar-refractivity contribution in [2.45, 2.75) is 32.6 Å². The third kappa shape index (κ3) is 4.81. The number of hydrogen-bond donors (Lipinski definition) is 2. The minimum Gasteiger partial charge on any atom is -0.370 e. The van der Waals surface area contributed by atoms with Gasteiger partial charge in [-0.1, -0.05) is 12.8 Å². The molecule has 1 aromatic heterocycles. The third-order valence-corrected chi connectivity index (χ3v) is 4.42. The first-order valence-corrected chi connectivity index (χ1v) is 9.01. The molecule has 2 amide bonds. The van der Waals surface area contributed by atoms with E-state index in [2.05, 4.69) is 20.5 Å². The average Bonchev–Trinajstić information content (AvgIpc) is 2.92. The molecule has 0 spiro atoms. The number of nitrogens with zero attached hydrogens (tertiary/aromatic N) is 2. The molecule has 136 valence electrons. The third-order valence-electron chi connectivity index (χ3n) is 4.42. The molecule has 1 aromatic carbocycles. The second kappa shape index (κ2) is 8.47. The molecule has 3 rings (SSSR count). The van der Waals surface area contributed by atoms with Crippen molar-refractivity contribution in [3.05, 3.63) is 48.3 Å². The summed E-state index contributed by atoms with van der Waals surface area (Å²) in [6.07, 6.45) is 8.29. The predicted octanol–water partition coefficient (Wildman–Crippen LogP) is 3.67. The number of rotatable bonds is 4. The van der Waals surface area contributed by atoms with Gasteiger partial charge in [-0.05, 0) is 43.2 Å². The minimum atomic E-state index is -0.193. The standard InChI is InChI=1S/C20H24N4O2/c1-15(25)22-17-6-8-18(9-7-17)23-20(26)16-12-19(14-21-13-16)24-10-4-2-3-5-11-24/h6-9,12-14H,2-5,10-11H2,1H3,(H,22,25)(H,23,26). The molecule has 1 aliphatic heterocycles. The quantitative estimate of drug-likeness (QED) is 0.880. The van der Waals surface area contributed by atoms with Crippen LogP contribution in [-0.2, 0) is 4.79 Å². The maximum atomic E-state index is 12.5. The van der Waals surface area contributed by atoms with Crippen LogP contribution in [0.3, 0.4) is 0 Å². The number of aromatic nitrogens is 1. The van der Waals surface area contributed by atoms with Gasteiger partial charge in [0.05, 0.1) is 17.4 Å². The second-order valence-corrected chi connectivity index (χ2v) is 6.55. The number of carbonyl (C=O) groups is 2. The summed E-state index contributed by atoms with van der Waals surface area (Å²) < 4.78 is 0. The Balaban J connectivity index is 1.67. The Morgan fingerprint density at radius 2 is 1.54 bits per heavy atom. The molecule has 0 bridgehead atoms. The molecule has 0 unspecified atom stereocenters. The first-order valence-electron chi connectivity index (χ1n) is 9.01. The van der Waals surface area contributed by atoms with Crippen molar-refractivity contribution in [2.24, 2.45) is 0 Å². The van der Waals surface area contributed by atoms with Crippen LogP contribution in [-0.4, -0.2) is 29.9 Å². The SMILES string of the molecule is CC(=O)Nc1ccc(NC(=O)c2cncc(N3CCCCCC3)c2)cc1. The maximum absolute atomic E-state index is 12.5. The average molecular weight is 352 g/mol. The summed E-state index contributed by atoms with van der Waals surface area (Å²) in [6, 6.07) is 8.93. The van der Waals surface area contributed by atoms with Gasteiger partial charge in [-0.3, -0.25) is 14.6 Å². The number of carbonyl (C=O) groups excluding carboxylic acids is 2. The zero-order valence-corrected chi connectivity index (χ0v) is 15.0. The van der Waals surface area contributed by atoms with E-state index in [0.717, 1.165) is 18.8 Å². The van der Waals surface area contributed by atoms with E-state index in [1.807, 2.05) is 12.3 Å². The van der Waals surface area contributed by atoms with E-state index in [0.29, 0.717) is 16.9 Å². The highest BCUT2D eigenvalue weighted by atomic mass is 16.2. The van der Waals surface area contributed by atoms with E-state index in [-0.39, 0.29) is 11.8 Å². The highest BCUT2D eigenvalue weighted by Crippen LogP contribution is 2.20. The van der Waals surface area contributed by atoms with Gasteiger partial charge in [0.2, 0.25) is 5.91 Å². The molecule has 2 N–H and O–H groups in total. The number of amides is 2. The molecule has 0 radical (unpaired) electrons. The lowest BCUT2D eigenvalue weighted by Crippen LogP contribution is -2.24. The molecule has 0 saturated carbocycles. The molecular formula is C20H24N4O2. The van der Waals surface area contributed by atoms with Crippen LogP contribution in [0.4, 0.5) is 17.1 Å². The molecule has 6 nitrogen and oxygen atoms in total. The van der Waals surface area contributed by atoms with Crippen molar-refractivity contribution < 1.29 is 9.59 Å². The van der Waals surface area contributed by atoms with E-state index in [9.17, 15) is 9.59 Å². The van der Waals surface area contributed by atoms with E-state index >= 15 is 0 Å². The zero-order valence-electron chi connectivity index (χ0n) is 15.0. The number of pyridine rings is 1. The van der Waals surface area contributed by atoms with Gasteiger partial charge in [0.1, 0.15) is 0 Å². The Bertz CT molecular complexity index is 766. The number of benzene rings is 1. The monoisotopic (exact) mass is 352 g/mol. The fourth-order valence-corrected chi connectivity index (χ4v) is 3.10. The zero-order chi connectivity index (χ0) is 18.4. The minimum absolute atomic E-state index is 0.127. The van der Waals surface area contributed by atoms with Crippen LogP contribution >= 0.6 is 0 Å². The Labute approximate surface area is 153 Å². The largest absolute Gasteiger partial charge is 0.370 e. The van der Waals surface area contributed by atoms with E-state index < -0.39 is 0 Å². The van der Waals surface area contributed by atoms with Gasteiger partial charge < -0.3 is 15.5 Å². The fraction of sp³-hybridized carbons (Fsp3) is 0.350. The van der Waals surface area contributed by atoms with Gasteiger partial charge in [-0.25, -0.2) is 0 Å². The Hall–Kier alpha value is -2.89. The smallest absolute Gasteiger partial charge is 0.257 e. The molecule has 1 aliphatic rings. The van der Waals surface area contributed by atoms with Crippen LogP contribution < -0.4 is 15.5 Å². The van der Waals surface area contributed by atoms with E-state index in [1.165, 1.54) is 32.6 Å². The molecule has 2 heterocycles. The van der Waals surface area contributed by atoms with Crippen molar-refractivity contribution in [1.82, 2.24) is 4.98 Å². The maximum Gasteiger partial charge on any atom is 0.257 e. The van der Waals surface area contributed by atoms with Crippen LogP contribution in [0.15, 0.2) is 42.7 Å². The second-order valence-electron chi connectivity index (χ2n) is 6.55. The van der Waals surface area contributed by atoms with Gasteiger partial charge >= 0.3 is 0 Å². The van der Waals surface area contributed by atoms with Crippen molar-refractivity contribution in [3.63, 3.8) is 0 Å². The Morgan fingerprint density at radius 3 is 2.15 bits per heavy atom. The molecule has 1 saturated heterocycles. The molecule has 6 heteroatoms. The Morgan fingerprint density at radius 1 is 0.923 bits per heavy atom. The summed E-state index contributed by atoms with van der Waals surface area (Å²) >= 11 is 0. The lowest BCUT2D eigenvalue weighted by atomic mass is 10.2. The molecule has 26 heavy (non-hydrogen) atoms. The number of nitrogens with one attached hydrogen (secondary N) is 2. The molecule has 0 atom stereocenters. The van der Waals surface area contributed by atoms with E-state index in [4.69, 9.17) is 0 Å². The lowest BCUT2D eigenvalue weighted by molar-refractivity contribution is -0.114. The van der Waals surface area contributed by atoms with E-state index in [1.54, 1.807) is 30.5 Å². The van der Waals surface area contributed by atoms with Gasteiger partial charge in [0.25, 0.3) is 5.91 Å². The molecule has 0 aliphatic carbocycles. The van der Waals surface area contributed by atoms with Gasteiger partial charge in [0.15, 0.2) is 0 Å². The van der Waals surface area contributed by atoms with Crippen molar-refractivity contribution in [3.8, 4) is 0 Å². The van der Waals surface area contributed by atoms with Crippen molar-refractivity contribution in [2.75, 3.05) is 28.6 Å². The van der Waals surface area contributed by atoms with Crippen molar-refractivity contribution in [1.29, 1.82) is 0 Å². The Kier molecular flexibility index (Phi) is 5.84. The van der Waals surface area contributed by atoms with Gasteiger partial charge in [-0.15, -0.1) is 0 Å².